The SMILES string of the molecule is COC(=O)c1c[nH]cc1C1CCCN1. The number of aromatic nitrogens is 1. The van der Waals surface area contributed by atoms with Crippen LogP contribution in [0, 0.1) is 0 Å². The van der Waals surface area contributed by atoms with E-state index in [1.54, 1.807) is 6.20 Å². The van der Waals surface area contributed by atoms with E-state index in [0.29, 0.717) is 11.6 Å². The molecule has 1 aliphatic rings. The van der Waals surface area contributed by atoms with Crippen LogP contribution in [0.3, 0.4) is 0 Å². The summed E-state index contributed by atoms with van der Waals surface area (Å²) in [6.07, 6.45) is 5.81. The van der Waals surface area contributed by atoms with Gasteiger partial charge in [-0.15, -0.1) is 0 Å². The van der Waals surface area contributed by atoms with E-state index < -0.39 is 0 Å². The Hall–Kier alpha value is -1.29. The molecule has 2 rings (SSSR count). The molecular weight excluding hydrogens is 180 g/mol. The first-order valence-electron chi connectivity index (χ1n) is 4.81. The molecular formula is C10H14N2O2. The number of aromatic amines is 1. The average molecular weight is 194 g/mol. The largest absolute Gasteiger partial charge is 0.465 e. The molecule has 0 saturated carbocycles. The third kappa shape index (κ3) is 1.53. The van der Waals surface area contributed by atoms with Crippen LogP contribution in [-0.4, -0.2) is 24.6 Å². The predicted octanol–water partition coefficient (Wildman–Crippen LogP) is 1.23. The van der Waals surface area contributed by atoms with Crippen molar-refractivity contribution in [1.82, 2.24) is 10.3 Å². The Bertz CT molecular complexity index is 327. The summed E-state index contributed by atoms with van der Waals surface area (Å²) < 4.78 is 4.71. The van der Waals surface area contributed by atoms with Gasteiger partial charge < -0.3 is 15.0 Å². The zero-order valence-corrected chi connectivity index (χ0v) is 8.17. The fraction of sp³-hybridized carbons (Fsp3) is 0.500. The number of nitrogens with one attached hydrogen (secondary N) is 2. The molecule has 2 N–H and O–H groups in total. The third-order valence-corrected chi connectivity index (χ3v) is 2.62. The first-order chi connectivity index (χ1) is 6.83. The van der Waals surface area contributed by atoms with Gasteiger partial charge in [0.2, 0.25) is 0 Å². The molecule has 2 heterocycles. The van der Waals surface area contributed by atoms with Crippen LogP contribution in [0.2, 0.25) is 0 Å². The van der Waals surface area contributed by atoms with Gasteiger partial charge in [0.25, 0.3) is 0 Å². The summed E-state index contributed by atoms with van der Waals surface area (Å²) in [4.78, 5) is 14.3. The molecule has 0 aromatic carbocycles. The number of rotatable bonds is 2. The summed E-state index contributed by atoms with van der Waals surface area (Å²) in [5, 5.41) is 3.35. The quantitative estimate of drug-likeness (QED) is 0.696. The number of carbonyl (C=O) groups excluding carboxylic acids is 1. The molecule has 1 aromatic heterocycles. The molecule has 0 amide bonds. The van der Waals surface area contributed by atoms with E-state index in [9.17, 15) is 4.79 Å². The second-order valence-corrected chi connectivity index (χ2v) is 3.46. The molecule has 0 bridgehead atoms. The van der Waals surface area contributed by atoms with Crippen molar-refractivity contribution in [2.45, 2.75) is 18.9 Å². The summed E-state index contributed by atoms with van der Waals surface area (Å²) in [6.45, 7) is 1.02. The molecule has 1 fully saturated rings. The highest BCUT2D eigenvalue weighted by Gasteiger charge is 2.22. The minimum absolute atomic E-state index is 0.269. The standard InChI is InChI=1S/C10H14N2O2/c1-14-10(13)8-6-11-5-7(8)9-3-2-4-12-9/h5-6,9,11-12H,2-4H2,1H3. The summed E-state index contributed by atoms with van der Waals surface area (Å²) in [5.41, 5.74) is 1.67. The van der Waals surface area contributed by atoms with Gasteiger partial charge in [0, 0.05) is 24.0 Å². The first kappa shape index (κ1) is 9.27. The van der Waals surface area contributed by atoms with E-state index in [2.05, 4.69) is 10.3 Å². The van der Waals surface area contributed by atoms with Crippen LogP contribution < -0.4 is 5.32 Å². The smallest absolute Gasteiger partial charge is 0.339 e. The molecule has 4 heteroatoms. The maximum Gasteiger partial charge on any atom is 0.339 e. The van der Waals surface area contributed by atoms with Crippen molar-refractivity contribution >= 4 is 5.97 Å². The molecule has 1 saturated heterocycles. The van der Waals surface area contributed by atoms with Crippen LogP contribution in [0.1, 0.15) is 34.8 Å². The highest BCUT2D eigenvalue weighted by Crippen LogP contribution is 2.26. The Kier molecular flexibility index (Phi) is 2.54. The molecule has 0 aliphatic carbocycles. The molecule has 76 valence electrons. The summed E-state index contributed by atoms with van der Waals surface area (Å²) in [5.74, 6) is -0.269. The average Bonchev–Trinajstić information content (AvgIpc) is 2.85. The van der Waals surface area contributed by atoms with E-state index in [1.807, 2.05) is 6.20 Å². The predicted molar refractivity (Wildman–Crippen MR) is 52.1 cm³/mol. The van der Waals surface area contributed by atoms with Gasteiger partial charge in [-0.3, -0.25) is 0 Å². The minimum atomic E-state index is -0.269. The first-order valence-corrected chi connectivity index (χ1v) is 4.81. The van der Waals surface area contributed by atoms with Crippen molar-refractivity contribution in [3.8, 4) is 0 Å². The number of hydrogen-bond acceptors (Lipinski definition) is 3. The van der Waals surface area contributed by atoms with Gasteiger partial charge in [0.15, 0.2) is 0 Å². The van der Waals surface area contributed by atoms with Crippen LogP contribution in [-0.2, 0) is 4.74 Å². The molecule has 0 radical (unpaired) electrons. The lowest BCUT2D eigenvalue weighted by atomic mass is 10.0. The topological polar surface area (TPSA) is 54.1 Å². The van der Waals surface area contributed by atoms with Crippen molar-refractivity contribution < 1.29 is 9.53 Å². The normalized spacial score (nSPS) is 21.1. The van der Waals surface area contributed by atoms with Crippen LogP contribution in [0.4, 0.5) is 0 Å². The zero-order chi connectivity index (χ0) is 9.97. The van der Waals surface area contributed by atoms with Gasteiger partial charge in [-0.2, -0.15) is 0 Å². The Morgan fingerprint density at radius 1 is 1.57 bits per heavy atom. The highest BCUT2D eigenvalue weighted by molar-refractivity contribution is 5.91. The number of esters is 1. The Morgan fingerprint density at radius 2 is 2.43 bits per heavy atom. The van der Waals surface area contributed by atoms with Crippen molar-refractivity contribution in [1.29, 1.82) is 0 Å². The third-order valence-electron chi connectivity index (χ3n) is 2.62. The van der Waals surface area contributed by atoms with Gasteiger partial charge in [-0.05, 0) is 19.4 Å². The van der Waals surface area contributed by atoms with E-state index in [1.165, 1.54) is 7.11 Å². The van der Waals surface area contributed by atoms with Gasteiger partial charge >= 0.3 is 5.97 Å². The maximum atomic E-state index is 11.4. The number of carbonyl (C=O) groups is 1. The Labute approximate surface area is 82.6 Å². The lowest BCUT2D eigenvalue weighted by Gasteiger charge is -2.09. The second kappa shape index (κ2) is 3.84. The van der Waals surface area contributed by atoms with E-state index >= 15 is 0 Å². The monoisotopic (exact) mass is 194 g/mol. The number of ether oxygens (including phenoxy) is 1. The fourth-order valence-electron chi connectivity index (χ4n) is 1.90. The van der Waals surface area contributed by atoms with Crippen molar-refractivity contribution in [3.63, 3.8) is 0 Å². The highest BCUT2D eigenvalue weighted by atomic mass is 16.5. The van der Waals surface area contributed by atoms with Crippen molar-refractivity contribution in [2.75, 3.05) is 13.7 Å². The van der Waals surface area contributed by atoms with Gasteiger partial charge in [0.1, 0.15) is 0 Å². The van der Waals surface area contributed by atoms with Crippen LogP contribution in [0.15, 0.2) is 12.4 Å². The summed E-state index contributed by atoms with van der Waals surface area (Å²) in [6, 6.07) is 0.301. The summed E-state index contributed by atoms with van der Waals surface area (Å²) >= 11 is 0. The molecule has 14 heavy (non-hydrogen) atoms. The van der Waals surface area contributed by atoms with Gasteiger partial charge in [0.05, 0.1) is 12.7 Å². The number of hydrogen-bond donors (Lipinski definition) is 2. The van der Waals surface area contributed by atoms with Crippen molar-refractivity contribution in [3.05, 3.63) is 23.5 Å². The number of H-pyrrole nitrogens is 1. The minimum Gasteiger partial charge on any atom is -0.465 e. The molecule has 1 aliphatic heterocycles. The van der Waals surface area contributed by atoms with Crippen LogP contribution in [0.25, 0.3) is 0 Å². The lowest BCUT2D eigenvalue weighted by Crippen LogP contribution is -2.15. The number of methoxy groups -OCH3 is 1. The molecule has 0 spiro atoms. The van der Waals surface area contributed by atoms with E-state index in [-0.39, 0.29) is 5.97 Å². The maximum absolute atomic E-state index is 11.4. The van der Waals surface area contributed by atoms with Crippen LogP contribution in [0.5, 0.6) is 0 Å². The van der Waals surface area contributed by atoms with Crippen LogP contribution >= 0.6 is 0 Å². The van der Waals surface area contributed by atoms with Gasteiger partial charge in [-0.1, -0.05) is 0 Å². The van der Waals surface area contributed by atoms with Gasteiger partial charge in [-0.25, -0.2) is 4.79 Å². The lowest BCUT2D eigenvalue weighted by molar-refractivity contribution is 0.0599. The molecule has 4 nitrogen and oxygen atoms in total. The zero-order valence-electron chi connectivity index (χ0n) is 8.17. The summed E-state index contributed by atoms with van der Waals surface area (Å²) in [7, 11) is 1.40. The molecule has 1 aromatic rings. The fourth-order valence-corrected chi connectivity index (χ4v) is 1.90. The van der Waals surface area contributed by atoms with Crippen molar-refractivity contribution in [2.24, 2.45) is 0 Å². The Balaban J connectivity index is 2.24. The van der Waals surface area contributed by atoms with E-state index in [4.69, 9.17) is 4.74 Å². The van der Waals surface area contributed by atoms with E-state index in [0.717, 1.165) is 24.9 Å². The second-order valence-electron chi connectivity index (χ2n) is 3.46. The molecule has 1 unspecified atom stereocenters. The Morgan fingerprint density at radius 3 is 3.07 bits per heavy atom. The molecule has 1 atom stereocenters.